The van der Waals surface area contributed by atoms with Crippen molar-refractivity contribution in [3.8, 4) is 11.5 Å². The van der Waals surface area contributed by atoms with Gasteiger partial charge in [0.15, 0.2) is 11.5 Å². The first kappa shape index (κ1) is 16.1. The Kier molecular flexibility index (Phi) is 5.03. The Bertz CT molecular complexity index is 562. The highest BCUT2D eigenvalue weighted by Gasteiger charge is 2.22. The molecule has 3 rings (SSSR count). The predicted molar refractivity (Wildman–Crippen MR) is 85.9 cm³/mol. The molecule has 0 aromatic heterocycles. The SMILES string of the molecule is CC(C)CN1CCOC(CNC(=O)c2ccc3c(c2)OCO3)C1. The summed E-state index contributed by atoms with van der Waals surface area (Å²) in [4.78, 5) is 14.7. The van der Waals surface area contributed by atoms with Crippen LogP contribution >= 0.6 is 0 Å². The molecular formula is C17H24N2O4. The minimum Gasteiger partial charge on any atom is -0.454 e. The molecule has 126 valence electrons. The van der Waals surface area contributed by atoms with Crippen LogP contribution in [0, 0.1) is 5.92 Å². The quantitative estimate of drug-likeness (QED) is 0.891. The number of nitrogens with zero attached hydrogens (tertiary/aromatic N) is 1. The van der Waals surface area contributed by atoms with E-state index in [4.69, 9.17) is 14.2 Å². The van der Waals surface area contributed by atoms with Gasteiger partial charge in [0.25, 0.3) is 5.91 Å². The number of rotatable bonds is 5. The van der Waals surface area contributed by atoms with Gasteiger partial charge in [-0.2, -0.15) is 0 Å². The Labute approximate surface area is 136 Å². The molecule has 6 nitrogen and oxygen atoms in total. The minimum atomic E-state index is -0.118. The third-order valence-corrected chi connectivity index (χ3v) is 3.97. The molecule has 2 aliphatic rings. The molecule has 1 fully saturated rings. The predicted octanol–water partition coefficient (Wildman–Crippen LogP) is 1.50. The van der Waals surface area contributed by atoms with Crippen molar-refractivity contribution in [2.75, 3.05) is 39.6 Å². The summed E-state index contributed by atoms with van der Waals surface area (Å²) in [5.41, 5.74) is 0.573. The molecule has 1 amide bonds. The molecular weight excluding hydrogens is 296 g/mol. The molecule has 23 heavy (non-hydrogen) atoms. The maximum Gasteiger partial charge on any atom is 0.251 e. The number of ether oxygens (including phenoxy) is 3. The summed E-state index contributed by atoms with van der Waals surface area (Å²) in [5, 5.41) is 2.95. The maximum absolute atomic E-state index is 12.3. The van der Waals surface area contributed by atoms with E-state index in [1.165, 1.54) is 0 Å². The van der Waals surface area contributed by atoms with Gasteiger partial charge in [0.1, 0.15) is 0 Å². The Morgan fingerprint density at radius 1 is 1.35 bits per heavy atom. The van der Waals surface area contributed by atoms with Crippen molar-refractivity contribution in [2.24, 2.45) is 5.92 Å². The van der Waals surface area contributed by atoms with Gasteiger partial charge in [-0.1, -0.05) is 13.8 Å². The van der Waals surface area contributed by atoms with Crippen molar-refractivity contribution < 1.29 is 19.0 Å². The van der Waals surface area contributed by atoms with Crippen molar-refractivity contribution in [1.29, 1.82) is 0 Å². The molecule has 1 aromatic carbocycles. The molecule has 2 aliphatic heterocycles. The fraction of sp³-hybridized carbons (Fsp3) is 0.588. The van der Waals surface area contributed by atoms with E-state index in [9.17, 15) is 4.79 Å². The van der Waals surface area contributed by atoms with Gasteiger partial charge < -0.3 is 19.5 Å². The van der Waals surface area contributed by atoms with Crippen LogP contribution in [0.5, 0.6) is 11.5 Å². The Balaban J connectivity index is 1.50. The largest absolute Gasteiger partial charge is 0.454 e. The fourth-order valence-electron chi connectivity index (χ4n) is 2.93. The van der Waals surface area contributed by atoms with Gasteiger partial charge in [0.2, 0.25) is 6.79 Å². The average molecular weight is 320 g/mol. The fourth-order valence-corrected chi connectivity index (χ4v) is 2.93. The van der Waals surface area contributed by atoms with E-state index in [1.807, 2.05) is 0 Å². The molecule has 1 atom stereocenters. The molecule has 1 N–H and O–H groups in total. The standard InChI is InChI=1S/C17H24N2O4/c1-12(2)9-19-5-6-21-14(10-19)8-18-17(20)13-3-4-15-16(7-13)23-11-22-15/h3-4,7,12,14H,5-6,8-11H2,1-2H3,(H,18,20). The first-order valence-electron chi connectivity index (χ1n) is 8.13. The summed E-state index contributed by atoms with van der Waals surface area (Å²) in [5.74, 6) is 1.82. The second kappa shape index (κ2) is 7.19. The molecule has 2 heterocycles. The number of morpholine rings is 1. The Morgan fingerprint density at radius 2 is 2.17 bits per heavy atom. The van der Waals surface area contributed by atoms with Crippen LogP contribution in [0.4, 0.5) is 0 Å². The molecule has 0 spiro atoms. The molecule has 1 saturated heterocycles. The van der Waals surface area contributed by atoms with Crippen LogP contribution in [-0.2, 0) is 4.74 Å². The van der Waals surface area contributed by atoms with E-state index < -0.39 is 0 Å². The first-order valence-corrected chi connectivity index (χ1v) is 8.13. The number of hydrogen-bond acceptors (Lipinski definition) is 5. The zero-order chi connectivity index (χ0) is 16.2. The third kappa shape index (κ3) is 4.14. The summed E-state index contributed by atoms with van der Waals surface area (Å²) >= 11 is 0. The van der Waals surface area contributed by atoms with E-state index in [0.29, 0.717) is 29.5 Å². The normalized spacial score (nSPS) is 20.7. The monoisotopic (exact) mass is 320 g/mol. The zero-order valence-corrected chi connectivity index (χ0v) is 13.7. The molecule has 1 aromatic rings. The van der Waals surface area contributed by atoms with Crippen LogP contribution in [0.25, 0.3) is 0 Å². The van der Waals surface area contributed by atoms with E-state index in [1.54, 1.807) is 18.2 Å². The molecule has 0 bridgehead atoms. The van der Waals surface area contributed by atoms with Crippen LogP contribution in [-0.4, -0.2) is 56.5 Å². The van der Waals surface area contributed by atoms with Gasteiger partial charge in [-0.15, -0.1) is 0 Å². The molecule has 1 unspecified atom stereocenters. The highest BCUT2D eigenvalue weighted by Crippen LogP contribution is 2.32. The van der Waals surface area contributed by atoms with E-state index in [0.717, 1.165) is 26.2 Å². The lowest BCUT2D eigenvalue weighted by Crippen LogP contribution is -2.48. The summed E-state index contributed by atoms with van der Waals surface area (Å²) in [7, 11) is 0. The smallest absolute Gasteiger partial charge is 0.251 e. The Hall–Kier alpha value is -1.79. The summed E-state index contributed by atoms with van der Waals surface area (Å²) in [6.07, 6.45) is 0.0421. The second-order valence-electron chi connectivity index (χ2n) is 6.42. The van der Waals surface area contributed by atoms with Gasteiger partial charge in [-0.3, -0.25) is 9.69 Å². The van der Waals surface area contributed by atoms with E-state index in [-0.39, 0.29) is 18.8 Å². The van der Waals surface area contributed by atoms with Crippen LogP contribution in [0.15, 0.2) is 18.2 Å². The molecule has 6 heteroatoms. The second-order valence-corrected chi connectivity index (χ2v) is 6.42. The number of hydrogen-bond donors (Lipinski definition) is 1. The highest BCUT2D eigenvalue weighted by molar-refractivity contribution is 5.94. The van der Waals surface area contributed by atoms with Gasteiger partial charge in [-0.25, -0.2) is 0 Å². The lowest BCUT2D eigenvalue weighted by atomic mass is 10.1. The number of nitrogens with one attached hydrogen (secondary N) is 1. The third-order valence-electron chi connectivity index (χ3n) is 3.97. The van der Waals surface area contributed by atoms with Crippen LogP contribution in [0.2, 0.25) is 0 Å². The van der Waals surface area contributed by atoms with Crippen molar-refractivity contribution in [1.82, 2.24) is 10.2 Å². The summed E-state index contributed by atoms with van der Waals surface area (Å²) in [6.45, 7) is 8.76. The minimum absolute atomic E-state index is 0.0421. The number of fused-ring (bicyclic) bond motifs is 1. The van der Waals surface area contributed by atoms with Gasteiger partial charge in [0.05, 0.1) is 12.7 Å². The van der Waals surface area contributed by atoms with Gasteiger partial charge in [-0.05, 0) is 24.1 Å². The van der Waals surface area contributed by atoms with Crippen molar-refractivity contribution in [3.05, 3.63) is 23.8 Å². The van der Waals surface area contributed by atoms with Gasteiger partial charge in [0, 0.05) is 31.7 Å². The Morgan fingerprint density at radius 3 is 3.00 bits per heavy atom. The summed E-state index contributed by atoms with van der Waals surface area (Å²) in [6, 6.07) is 5.22. The van der Waals surface area contributed by atoms with Gasteiger partial charge >= 0.3 is 0 Å². The topological polar surface area (TPSA) is 60.0 Å². The molecule has 0 aliphatic carbocycles. The number of amides is 1. The average Bonchev–Trinajstić information content (AvgIpc) is 3.00. The summed E-state index contributed by atoms with van der Waals surface area (Å²) < 4.78 is 16.3. The van der Waals surface area contributed by atoms with E-state index >= 15 is 0 Å². The number of carbonyl (C=O) groups excluding carboxylic acids is 1. The first-order chi connectivity index (χ1) is 11.1. The van der Waals surface area contributed by atoms with Crippen molar-refractivity contribution in [3.63, 3.8) is 0 Å². The lowest BCUT2D eigenvalue weighted by Gasteiger charge is -2.33. The van der Waals surface area contributed by atoms with Crippen LogP contribution in [0.1, 0.15) is 24.2 Å². The zero-order valence-electron chi connectivity index (χ0n) is 13.7. The van der Waals surface area contributed by atoms with Crippen molar-refractivity contribution >= 4 is 5.91 Å². The molecule has 0 radical (unpaired) electrons. The number of benzene rings is 1. The molecule has 0 saturated carbocycles. The lowest BCUT2D eigenvalue weighted by molar-refractivity contribution is -0.0295. The highest BCUT2D eigenvalue weighted by atomic mass is 16.7. The number of carbonyl (C=O) groups is 1. The maximum atomic E-state index is 12.3. The van der Waals surface area contributed by atoms with Crippen LogP contribution in [0.3, 0.4) is 0 Å². The van der Waals surface area contributed by atoms with Crippen LogP contribution < -0.4 is 14.8 Å². The van der Waals surface area contributed by atoms with Crippen molar-refractivity contribution in [2.45, 2.75) is 20.0 Å². The van der Waals surface area contributed by atoms with E-state index in [2.05, 4.69) is 24.1 Å².